The first-order valence-electron chi connectivity index (χ1n) is 32.2. The van der Waals surface area contributed by atoms with E-state index >= 15 is 0 Å². The zero-order valence-electron chi connectivity index (χ0n) is 51.7. The summed E-state index contributed by atoms with van der Waals surface area (Å²) < 4.78 is 75.0. The van der Waals surface area contributed by atoms with Gasteiger partial charge in [0, 0.05) is 38.2 Å². The Morgan fingerprint density at radius 2 is 1.21 bits per heavy atom. The number of Topliss-reactive ketones (excluding diaryl/α,β-unsaturated/α-hetero) is 2. The van der Waals surface area contributed by atoms with Crippen LogP contribution in [0.25, 0.3) is 22.1 Å². The van der Waals surface area contributed by atoms with Crippen LogP contribution in [0.1, 0.15) is 163 Å². The van der Waals surface area contributed by atoms with E-state index < -0.39 is 82.5 Å². The molecule has 2 saturated heterocycles. The lowest BCUT2D eigenvalue weighted by molar-refractivity contribution is -0.141. The number of benzene rings is 2. The molecule has 10 atom stereocenters. The Morgan fingerprint density at radius 1 is 0.685 bits per heavy atom. The summed E-state index contributed by atoms with van der Waals surface area (Å²) in [5, 5.41) is 0. The van der Waals surface area contributed by atoms with Crippen molar-refractivity contribution < 1.29 is 59.8 Å². The van der Waals surface area contributed by atoms with E-state index in [0.717, 1.165) is 86.3 Å². The normalized spacial score (nSPS) is 31.2. The Hall–Kier alpha value is -6.50. The molecule has 4 aliphatic heterocycles. The van der Waals surface area contributed by atoms with Crippen molar-refractivity contribution in [2.45, 2.75) is 209 Å². The molecule has 0 bridgehead atoms. The van der Waals surface area contributed by atoms with Gasteiger partial charge in [-0.15, -0.1) is 0 Å². The van der Waals surface area contributed by atoms with Gasteiger partial charge in [0.05, 0.1) is 73.6 Å². The molecule has 2 aromatic carbocycles. The van der Waals surface area contributed by atoms with Gasteiger partial charge in [0.15, 0.2) is 11.6 Å². The molecule has 22 nitrogen and oxygen atoms in total. The molecule has 4 amide bonds. The number of nitrogens with one attached hydrogen (secondary N) is 3. The van der Waals surface area contributed by atoms with E-state index in [1.165, 1.54) is 4.90 Å². The molecule has 0 unspecified atom stereocenters. The monoisotopic (exact) mass is 1270 g/mol. The first-order valence-corrected chi connectivity index (χ1v) is 35.2. The lowest BCUT2D eigenvalue weighted by atomic mass is 9.91. The molecule has 5 N–H and O–H groups in total. The van der Waals surface area contributed by atoms with Gasteiger partial charge in [-0.05, 0) is 133 Å². The van der Waals surface area contributed by atoms with Gasteiger partial charge in [-0.2, -0.15) is 9.97 Å². The standard InChI is InChI=1S/C35H48N4O7S.C30H39N5O6S/c1-4-18-45-23-39-28-15-11-10-14-27(28)36-33(39)46-26-19-29-30(40)21-35(32(42)37-47(43,44)34(3)16-17-34)20-25(35)13-9-7-5-6-8-12-24(2)31(41)38(29)22-26;1-29(13-14-29)42(39,40)34-27(38)30-16-19(30)9-5-3-2-4-6-10-21(31)26(37)35-18-20(15-24(35)25(36)17-30)41-28-32-22-11-7-8-12-23(22)33-28/h9-11,13-15,24-26,29H,4-8,12,16-23H2,1-3H3,(H,37,42);5,7-9,11-12,19-21,24H,2-4,6,10,13-18,31H2,1H3,(H,32,33)(H,34,38)/b13-9-;9-5-/t24-,25+,26+,29-,35+;19-,20-,21+,24+,30-/m01/s1. The third-order valence-corrected chi connectivity index (χ3v) is 24.4. The van der Waals surface area contributed by atoms with Crippen LogP contribution in [-0.4, -0.2) is 141 Å². The second kappa shape index (κ2) is 25.6. The quantitative estimate of drug-likeness (QED) is 0.0697. The molecular weight excluding hydrogens is 1180 g/mol. The molecule has 0 spiro atoms. The number of aromatic amines is 1. The molecule has 6 fully saturated rings. The molecule has 4 saturated carbocycles. The van der Waals surface area contributed by atoms with E-state index in [-0.39, 0.29) is 86.6 Å². The average Bonchev–Trinajstić information content (AvgIpc) is 1.60. The highest BCUT2D eigenvalue weighted by Gasteiger charge is 2.64. The number of sulfonamides is 2. The van der Waals surface area contributed by atoms with Crippen molar-refractivity contribution in [3.05, 3.63) is 72.8 Å². The smallest absolute Gasteiger partial charge is 0.299 e. The van der Waals surface area contributed by atoms with E-state index in [0.29, 0.717) is 63.6 Å². The maximum Gasteiger partial charge on any atom is 0.299 e. The van der Waals surface area contributed by atoms with Crippen LogP contribution in [0.3, 0.4) is 0 Å². The number of para-hydroxylation sites is 4. The fraction of sp³-hybridized carbons (Fsp3) is 0.631. The molecule has 8 aliphatic rings. The van der Waals surface area contributed by atoms with Crippen LogP contribution >= 0.6 is 0 Å². The summed E-state index contributed by atoms with van der Waals surface area (Å²) in [6.45, 7) is 8.43. The van der Waals surface area contributed by atoms with Gasteiger partial charge >= 0.3 is 0 Å². The highest BCUT2D eigenvalue weighted by Crippen LogP contribution is 2.59. The Labute approximate surface area is 521 Å². The molecule has 6 heterocycles. The summed E-state index contributed by atoms with van der Waals surface area (Å²) in [7, 11) is -7.73. The number of aromatic nitrogens is 4. The van der Waals surface area contributed by atoms with Crippen LogP contribution in [0, 0.1) is 28.6 Å². The zero-order valence-corrected chi connectivity index (χ0v) is 53.3. The lowest BCUT2D eigenvalue weighted by Crippen LogP contribution is -2.50. The number of rotatable bonds is 14. The van der Waals surface area contributed by atoms with E-state index in [4.69, 9.17) is 24.9 Å². The summed E-state index contributed by atoms with van der Waals surface area (Å²) in [5.74, 6) is -2.95. The number of allylic oxidation sites excluding steroid dienone is 4. The van der Waals surface area contributed by atoms with Crippen molar-refractivity contribution in [1.29, 1.82) is 0 Å². The number of carbonyl (C=O) groups excluding carboxylic acids is 6. The SMILES string of the molecule is CC1(S(=O)(=O)NC(=O)[C@]23CC(=O)[C@@H]4C[C@@H](Oc5nc6ccccc6[nH]5)CN4C(=O)[C@@H](N)CCCCC/C=C\[C@@H]2C3)CC1.CCCOCn1c(O[C@@H]2C[C@H]3C(=O)C[C@]4(C(=O)NS(=O)(=O)C5(C)CC5)C[C@H]4/C=C\CCCCC[C@H](C)C(=O)N3C2)nc2ccccc21. The summed E-state index contributed by atoms with van der Waals surface area (Å²) in [6, 6.07) is 13.5. The van der Waals surface area contributed by atoms with Crippen molar-refractivity contribution in [2.75, 3.05) is 19.7 Å². The van der Waals surface area contributed by atoms with Gasteiger partial charge < -0.3 is 34.7 Å². The number of H-pyrrole nitrogens is 1. The predicted octanol–water partition coefficient (Wildman–Crippen LogP) is 7.61. The minimum atomic E-state index is -3.87. The fourth-order valence-electron chi connectivity index (χ4n) is 13.4. The van der Waals surface area contributed by atoms with Crippen LogP contribution in [0.5, 0.6) is 12.0 Å². The number of hydrogen-bond donors (Lipinski definition) is 4. The number of hydrogen-bond acceptors (Lipinski definition) is 16. The summed E-state index contributed by atoms with van der Waals surface area (Å²) in [4.78, 5) is 98.4. The van der Waals surface area contributed by atoms with Gasteiger partial charge in [-0.3, -0.25) is 42.8 Å². The highest BCUT2D eigenvalue weighted by molar-refractivity contribution is 7.92. The van der Waals surface area contributed by atoms with Crippen LogP contribution in [0.15, 0.2) is 72.8 Å². The summed E-state index contributed by atoms with van der Waals surface area (Å²) in [5.41, 5.74) is 7.18. The molecule has 2 aromatic heterocycles. The minimum absolute atomic E-state index is 0.0997. The van der Waals surface area contributed by atoms with E-state index in [1.807, 2.05) is 85.2 Å². The first-order chi connectivity index (χ1) is 42.5. The van der Waals surface area contributed by atoms with Gasteiger partial charge in [0.25, 0.3) is 12.0 Å². The van der Waals surface area contributed by atoms with Crippen molar-refractivity contribution >= 4 is 77.3 Å². The first kappa shape index (κ1) is 64.0. The van der Waals surface area contributed by atoms with Gasteiger partial charge in [0.1, 0.15) is 18.9 Å². The van der Waals surface area contributed by atoms with Crippen LogP contribution in [0.2, 0.25) is 0 Å². The number of nitrogens with two attached hydrogens (primary N) is 1. The molecular formula is C65H87N9O13S2. The van der Waals surface area contributed by atoms with Gasteiger partial charge in [0.2, 0.25) is 43.7 Å². The maximum absolute atomic E-state index is 14.2. The second-order valence-corrected chi connectivity index (χ2v) is 31.4. The number of ether oxygens (including phenoxy) is 3. The number of ketones is 2. The second-order valence-electron chi connectivity index (χ2n) is 27.0. The molecule has 4 aromatic rings. The molecule has 4 aliphatic carbocycles. The van der Waals surface area contributed by atoms with Crippen molar-refractivity contribution in [2.24, 2.45) is 34.3 Å². The summed E-state index contributed by atoms with van der Waals surface area (Å²) >= 11 is 0. The van der Waals surface area contributed by atoms with Crippen LogP contribution in [0.4, 0.5) is 0 Å². The molecule has 482 valence electrons. The third kappa shape index (κ3) is 13.6. The van der Waals surface area contributed by atoms with Crippen LogP contribution in [-0.2, 0) is 60.3 Å². The Morgan fingerprint density at radius 3 is 1.78 bits per heavy atom. The lowest BCUT2D eigenvalue weighted by Gasteiger charge is -2.28. The molecule has 24 heteroatoms. The van der Waals surface area contributed by atoms with E-state index in [1.54, 1.807) is 18.7 Å². The molecule has 12 rings (SSSR count). The average molecular weight is 1270 g/mol. The number of imidazole rings is 2. The minimum Gasteiger partial charge on any atom is -0.459 e. The number of amides is 4. The predicted molar refractivity (Wildman–Crippen MR) is 332 cm³/mol. The highest BCUT2D eigenvalue weighted by atomic mass is 32.2. The molecule has 89 heavy (non-hydrogen) atoms. The number of carbonyl (C=O) groups is 6. The largest absolute Gasteiger partial charge is 0.459 e. The fourth-order valence-corrected chi connectivity index (χ4v) is 16.0. The van der Waals surface area contributed by atoms with Crippen molar-refractivity contribution in [1.82, 2.24) is 38.8 Å². The summed E-state index contributed by atoms with van der Waals surface area (Å²) in [6.07, 6.45) is 19.1. The molecule has 0 radical (unpaired) electrons. The topological polar surface area (TPSA) is 301 Å². The zero-order chi connectivity index (χ0) is 63.1. The number of nitrogens with zero attached hydrogens (tertiary/aromatic N) is 5. The Balaban J connectivity index is 0.000000185. The van der Waals surface area contributed by atoms with Crippen molar-refractivity contribution in [3.63, 3.8) is 0 Å². The Kier molecular flexibility index (Phi) is 18.5. The van der Waals surface area contributed by atoms with E-state index in [9.17, 15) is 45.6 Å². The van der Waals surface area contributed by atoms with Gasteiger partial charge in [-0.1, -0.05) is 88.1 Å². The Bertz CT molecular complexity index is 3620. The van der Waals surface area contributed by atoms with Gasteiger partial charge in [-0.25, -0.2) is 16.8 Å². The van der Waals surface area contributed by atoms with E-state index in [2.05, 4.69) is 25.5 Å². The third-order valence-electron chi connectivity index (χ3n) is 20.1. The van der Waals surface area contributed by atoms with Crippen molar-refractivity contribution in [3.8, 4) is 12.0 Å². The maximum atomic E-state index is 14.2. The van der Waals surface area contributed by atoms with Crippen LogP contribution < -0.4 is 24.7 Å². The number of fused-ring (bicyclic) bond motifs is 6.